The zero-order chi connectivity index (χ0) is 4.28. The van der Waals surface area contributed by atoms with E-state index in [0.717, 1.165) is 6.92 Å². The molecule has 6 heavy (non-hydrogen) atoms. The van der Waals surface area contributed by atoms with Crippen LogP contribution in [0.15, 0.2) is 0 Å². The van der Waals surface area contributed by atoms with Crippen LogP contribution in [0.5, 0.6) is 0 Å². The summed E-state index contributed by atoms with van der Waals surface area (Å²) in [4.78, 5) is 12.5. The normalized spacial score (nSPS) is 5.67. The average Bonchev–Trinajstić information content (AvgIpc) is 1.38. The largest absolute Gasteiger partial charge is 1.00 e. The summed E-state index contributed by atoms with van der Waals surface area (Å²) in [5.41, 5.74) is 0. The van der Waals surface area contributed by atoms with Gasteiger partial charge in [-0.25, -0.2) is 4.79 Å². The molecule has 0 spiro atoms. The summed E-state index contributed by atoms with van der Waals surface area (Å²) in [7, 11) is 0. The fourth-order valence-corrected chi connectivity index (χ4v) is 0. The van der Waals surface area contributed by atoms with Crippen LogP contribution in [0, 0.1) is 0 Å². The van der Waals surface area contributed by atoms with E-state index in [1.54, 1.807) is 0 Å². The van der Waals surface area contributed by atoms with E-state index in [4.69, 9.17) is 5.26 Å². The van der Waals surface area contributed by atoms with Gasteiger partial charge in [-0.05, 0) is 0 Å². The predicted molar refractivity (Wildman–Crippen MR) is 15.5 cm³/mol. The molecule has 0 unspecified atom stereocenters. The molecule has 0 aromatic rings. The first kappa shape index (κ1) is 9.39. The van der Waals surface area contributed by atoms with Crippen LogP contribution in [-0.4, -0.2) is 11.2 Å². The van der Waals surface area contributed by atoms with Gasteiger partial charge >= 0.3 is 24.8 Å². The van der Waals surface area contributed by atoms with Crippen LogP contribution in [-0.2, 0) is 9.68 Å². The fourth-order valence-electron chi connectivity index (χ4n) is 0. The molecule has 0 saturated heterocycles. The van der Waals surface area contributed by atoms with E-state index in [2.05, 4.69) is 4.89 Å². The maximum absolute atomic E-state index is 9.34. The molecular weight excluding hydrogens is 79.0 g/mol. The molecule has 0 heterocycles. The smallest absolute Gasteiger partial charge is 1.00 e. The van der Waals surface area contributed by atoms with Crippen molar-refractivity contribution in [3.05, 3.63) is 0 Å². The van der Waals surface area contributed by atoms with E-state index >= 15 is 0 Å². The molecule has 3 nitrogen and oxygen atoms in total. The minimum Gasteiger partial charge on any atom is -1.00 e. The molecule has 0 amide bonds. The number of hydrogen-bond acceptors (Lipinski definition) is 3. The second kappa shape index (κ2) is 5.03. The van der Waals surface area contributed by atoms with Crippen molar-refractivity contribution < 1.29 is 35.2 Å². The zero-order valence-corrected chi connectivity index (χ0v) is 3.76. The molecule has 0 fully saturated rings. The first-order valence-corrected chi connectivity index (χ1v) is 1.09. The van der Waals surface area contributed by atoms with Gasteiger partial charge in [-0.15, -0.1) is 0 Å². The Labute approximate surface area is 48.9 Å². The second-order valence-electron chi connectivity index (χ2n) is 0.583. The summed E-state index contributed by atoms with van der Waals surface area (Å²) in [6, 6.07) is 0. The number of hydrogen-bond donors (Lipinski definition) is 1. The molecule has 1 N–H and O–H groups in total. The van der Waals surface area contributed by atoms with Crippen molar-refractivity contribution in [2.45, 2.75) is 6.92 Å². The summed E-state index contributed by atoms with van der Waals surface area (Å²) >= 11 is 0. The van der Waals surface area contributed by atoms with Crippen molar-refractivity contribution in [2.24, 2.45) is 0 Å². The van der Waals surface area contributed by atoms with Gasteiger partial charge in [0.1, 0.15) is 0 Å². The van der Waals surface area contributed by atoms with Gasteiger partial charge < -0.3 is 6.31 Å². The van der Waals surface area contributed by atoms with Crippen molar-refractivity contribution >= 4 is 5.97 Å². The molecule has 0 atom stereocenters. The average molecular weight is 84.0 g/mol. The number of rotatable bonds is 0. The molecule has 0 aromatic carbocycles. The zero-order valence-electron chi connectivity index (χ0n) is 4.76. The molecule has 0 bridgehead atoms. The monoisotopic (exact) mass is 84.0 g/mol. The molecule has 0 saturated carbocycles. The van der Waals surface area contributed by atoms with Crippen LogP contribution < -0.4 is 18.9 Å². The maximum Gasteiger partial charge on any atom is 1.00 e. The molecule has 0 radical (unpaired) electrons. The van der Waals surface area contributed by atoms with Crippen molar-refractivity contribution in [3.8, 4) is 0 Å². The van der Waals surface area contributed by atoms with Crippen molar-refractivity contribution in [3.63, 3.8) is 0 Å². The van der Waals surface area contributed by atoms with Gasteiger partial charge in [0.05, 0.1) is 0 Å². The van der Waals surface area contributed by atoms with Crippen LogP contribution in [0.1, 0.15) is 8.35 Å². The van der Waals surface area contributed by atoms with Crippen LogP contribution >= 0.6 is 0 Å². The van der Waals surface area contributed by atoms with Crippen molar-refractivity contribution in [1.29, 1.82) is 0 Å². The fraction of sp³-hybridized carbons (Fsp3) is 0.500. The van der Waals surface area contributed by atoms with Gasteiger partial charge in [0.15, 0.2) is 0 Å². The van der Waals surface area contributed by atoms with E-state index in [1.807, 2.05) is 0 Å². The SMILES string of the molecule is CC(=O)OO.[H-].[Li+]. The third-order valence-corrected chi connectivity index (χ3v) is 0.129. The van der Waals surface area contributed by atoms with Crippen molar-refractivity contribution in [2.75, 3.05) is 0 Å². The summed E-state index contributed by atoms with van der Waals surface area (Å²) in [6.07, 6.45) is 0. The van der Waals surface area contributed by atoms with Gasteiger partial charge in [-0.1, -0.05) is 0 Å². The predicted octanol–water partition coefficient (Wildman–Crippen LogP) is -2.86. The quantitative estimate of drug-likeness (QED) is 0.195. The van der Waals surface area contributed by atoms with Crippen molar-refractivity contribution in [1.82, 2.24) is 0 Å². The van der Waals surface area contributed by atoms with E-state index in [-0.39, 0.29) is 20.3 Å². The Morgan fingerprint density at radius 2 is 2.17 bits per heavy atom. The van der Waals surface area contributed by atoms with Gasteiger partial charge in [0, 0.05) is 6.92 Å². The Balaban J connectivity index is -0.0000000800. The van der Waals surface area contributed by atoms with Crippen LogP contribution in [0.25, 0.3) is 0 Å². The molecule has 0 aromatic heterocycles. The Morgan fingerprint density at radius 3 is 2.17 bits per heavy atom. The standard InChI is InChI=1S/C2H4O3.Li.H/c1-2(3)5-4;;/h4H,1H3;;/q;+1;-1. The van der Waals surface area contributed by atoms with Crippen LogP contribution in [0.3, 0.4) is 0 Å². The minimum absolute atomic E-state index is 0. The molecule has 4 heteroatoms. The molecule has 0 aliphatic carbocycles. The number of carbonyl (C=O) groups excluding carboxylic acids is 1. The minimum atomic E-state index is -0.690. The van der Waals surface area contributed by atoms with Gasteiger partial charge in [0.25, 0.3) is 0 Å². The Hall–Kier alpha value is 0.0274. The second-order valence-corrected chi connectivity index (χ2v) is 0.583. The van der Waals surface area contributed by atoms with Gasteiger partial charge in [0.2, 0.25) is 0 Å². The summed E-state index contributed by atoms with van der Waals surface area (Å²) in [5.74, 6) is -0.690. The topological polar surface area (TPSA) is 46.5 Å². The molecule has 0 aliphatic rings. The van der Waals surface area contributed by atoms with Gasteiger partial charge in [-0.2, -0.15) is 5.26 Å². The van der Waals surface area contributed by atoms with Crippen LogP contribution in [0.4, 0.5) is 0 Å². The molecule has 0 aliphatic heterocycles. The maximum atomic E-state index is 9.34. The summed E-state index contributed by atoms with van der Waals surface area (Å²) < 4.78 is 0. The Bertz CT molecular complexity index is 48.2. The summed E-state index contributed by atoms with van der Waals surface area (Å²) in [6.45, 7) is 1.11. The third kappa shape index (κ3) is 8.98. The summed E-state index contributed by atoms with van der Waals surface area (Å²) in [5, 5.41) is 7.29. The first-order chi connectivity index (χ1) is 2.27. The third-order valence-electron chi connectivity index (χ3n) is 0.129. The van der Waals surface area contributed by atoms with E-state index in [9.17, 15) is 4.79 Å². The number of carbonyl (C=O) groups is 1. The first-order valence-electron chi connectivity index (χ1n) is 1.09. The Kier molecular flexibility index (Phi) is 7.87. The molecular formula is C2H5LiO3. The van der Waals surface area contributed by atoms with Crippen LogP contribution in [0.2, 0.25) is 0 Å². The van der Waals surface area contributed by atoms with E-state index in [0.29, 0.717) is 0 Å². The Morgan fingerprint density at radius 1 is 2.00 bits per heavy atom. The van der Waals surface area contributed by atoms with E-state index < -0.39 is 5.97 Å². The molecule has 0 rings (SSSR count). The van der Waals surface area contributed by atoms with E-state index in [1.165, 1.54) is 0 Å². The van der Waals surface area contributed by atoms with Gasteiger partial charge in [-0.3, -0.25) is 0 Å². The molecule has 32 valence electrons.